The lowest BCUT2D eigenvalue weighted by Gasteiger charge is -2.43. The second kappa shape index (κ2) is 4.89. The zero-order valence-electron chi connectivity index (χ0n) is 12.7. The molecule has 0 heterocycles. The first-order valence-corrected chi connectivity index (χ1v) is 8.26. The van der Waals surface area contributed by atoms with E-state index >= 15 is 0 Å². The van der Waals surface area contributed by atoms with Crippen LogP contribution in [0.1, 0.15) is 50.4 Å². The summed E-state index contributed by atoms with van der Waals surface area (Å²) in [6.45, 7) is 6.82. The highest BCUT2D eigenvalue weighted by molar-refractivity contribution is 6.39. The second-order valence-corrected chi connectivity index (χ2v) is 8.23. The summed E-state index contributed by atoms with van der Waals surface area (Å²) in [6, 6.07) is 5.33. The van der Waals surface area contributed by atoms with E-state index in [-0.39, 0.29) is 22.8 Å². The molecule has 3 rings (SSSR count). The maximum Gasteiger partial charge on any atom is 0.254 e. The van der Waals surface area contributed by atoms with Crippen molar-refractivity contribution in [2.75, 3.05) is 0 Å². The first kappa shape index (κ1) is 15.2. The van der Waals surface area contributed by atoms with Gasteiger partial charge in [0, 0.05) is 6.04 Å². The summed E-state index contributed by atoms with van der Waals surface area (Å²) < 4.78 is 0. The Morgan fingerprint density at radius 3 is 2.38 bits per heavy atom. The molecule has 21 heavy (non-hydrogen) atoms. The summed E-state index contributed by atoms with van der Waals surface area (Å²) >= 11 is 12.3. The van der Waals surface area contributed by atoms with Crippen molar-refractivity contribution in [3.8, 4) is 0 Å². The minimum absolute atomic E-state index is 0.121. The van der Waals surface area contributed by atoms with E-state index in [4.69, 9.17) is 23.2 Å². The molecule has 2 saturated carbocycles. The number of amides is 1. The molecule has 2 nitrogen and oxygen atoms in total. The number of carbonyl (C=O) groups is 1. The first-order chi connectivity index (χ1) is 9.75. The number of hydrogen-bond donors (Lipinski definition) is 1. The van der Waals surface area contributed by atoms with E-state index in [1.54, 1.807) is 18.2 Å². The van der Waals surface area contributed by atoms with Crippen molar-refractivity contribution in [1.82, 2.24) is 5.32 Å². The largest absolute Gasteiger partial charge is 0.348 e. The zero-order chi connectivity index (χ0) is 15.4. The predicted molar refractivity (Wildman–Crippen MR) is 86.9 cm³/mol. The van der Waals surface area contributed by atoms with Gasteiger partial charge >= 0.3 is 0 Å². The van der Waals surface area contributed by atoms with Crippen LogP contribution in [0.5, 0.6) is 0 Å². The van der Waals surface area contributed by atoms with Crippen LogP contribution in [0.15, 0.2) is 18.2 Å². The van der Waals surface area contributed by atoms with E-state index in [0.717, 1.165) is 0 Å². The molecule has 1 aromatic carbocycles. The van der Waals surface area contributed by atoms with Crippen LogP contribution in [0.4, 0.5) is 0 Å². The Kier molecular flexibility index (Phi) is 3.53. The molecule has 4 heteroatoms. The summed E-state index contributed by atoms with van der Waals surface area (Å²) in [4.78, 5) is 12.7. The quantitative estimate of drug-likeness (QED) is 0.819. The van der Waals surface area contributed by atoms with Crippen LogP contribution in [0, 0.1) is 16.7 Å². The Hall–Kier alpha value is -0.730. The Balaban J connectivity index is 1.89. The van der Waals surface area contributed by atoms with E-state index < -0.39 is 0 Å². The number of benzene rings is 1. The van der Waals surface area contributed by atoms with Gasteiger partial charge in [0.25, 0.3) is 5.91 Å². The predicted octanol–water partition coefficient (Wildman–Crippen LogP) is 4.94. The van der Waals surface area contributed by atoms with Crippen LogP contribution in [0.2, 0.25) is 10.0 Å². The molecule has 1 amide bonds. The van der Waals surface area contributed by atoms with Crippen LogP contribution in [-0.2, 0) is 0 Å². The van der Waals surface area contributed by atoms with Crippen LogP contribution in [-0.4, -0.2) is 11.9 Å². The molecule has 0 spiro atoms. The van der Waals surface area contributed by atoms with E-state index in [1.165, 1.54) is 19.3 Å². The van der Waals surface area contributed by atoms with Gasteiger partial charge in [-0.1, -0.05) is 50.0 Å². The minimum Gasteiger partial charge on any atom is -0.348 e. The summed E-state index contributed by atoms with van der Waals surface area (Å²) in [6.07, 6.45) is 3.65. The molecule has 2 aliphatic rings. The third kappa shape index (κ3) is 2.27. The lowest BCUT2D eigenvalue weighted by molar-refractivity contribution is 0.0738. The van der Waals surface area contributed by atoms with Crippen LogP contribution in [0.25, 0.3) is 0 Å². The van der Waals surface area contributed by atoms with Gasteiger partial charge in [-0.15, -0.1) is 0 Å². The SMILES string of the molecule is CC1(C)[C@H]2CC[C@](C)(C2)[C@@H]1NC(=O)c1c(Cl)cccc1Cl. The fourth-order valence-corrected chi connectivity index (χ4v) is 5.15. The van der Waals surface area contributed by atoms with Gasteiger partial charge in [-0.2, -0.15) is 0 Å². The van der Waals surface area contributed by atoms with Gasteiger partial charge in [0.2, 0.25) is 0 Å². The van der Waals surface area contributed by atoms with Crippen molar-refractivity contribution >= 4 is 29.1 Å². The minimum atomic E-state index is -0.155. The molecule has 114 valence electrons. The highest BCUT2D eigenvalue weighted by atomic mass is 35.5. The Morgan fingerprint density at radius 2 is 1.86 bits per heavy atom. The van der Waals surface area contributed by atoms with E-state index in [9.17, 15) is 4.79 Å². The molecular weight excluding hydrogens is 305 g/mol. The van der Waals surface area contributed by atoms with E-state index in [2.05, 4.69) is 26.1 Å². The number of nitrogens with one attached hydrogen (secondary N) is 1. The second-order valence-electron chi connectivity index (χ2n) is 7.42. The molecule has 2 bridgehead atoms. The van der Waals surface area contributed by atoms with Gasteiger partial charge in [0.1, 0.15) is 0 Å². The van der Waals surface area contributed by atoms with Crippen molar-refractivity contribution < 1.29 is 4.79 Å². The fourth-order valence-electron chi connectivity index (χ4n) is 4.58. The molecule has 1 aromatic rings. The summed E-state index contributed by atoms with van der Waals surface area (Å²) in [5.41, 5.74) is 0.705. The first-order valence-electron chi connectivity index (χ1n) is 7.50. The van der Waals surface area contributed by atoms with Gasteiger partial charge in [-0.05, 0) is 48.1 Å². The Labute approximate surface area is 136 Å². The molecule has 0 aromatic heterocycles. The average Bonchev–Trinajstić information content (AvgIpc) is 2.86. The summed E-state index contributed by atoms with van der Waals surface area (Å²) in [5, 5.41) is 4.05. The highest BCUT2D eigenvalue weighted by Gasteiger charge is 2.59. The molecular formula is C17H21Cl2NO. The average molecular weight is 326 g/mol. The number of rotatable bonds is 2. The van der Waals surface area contributed by atoms with Gasteiger partial charge in [-0.25, -0.2) is 0 Å². The van der Waals surface area contributed by atoms with Crippen molar-refractivity contribution in [1.29, 1.82) is 0 Å². The number of carbonyl (C=O) groups excluding carboxylic acids is 1. The molecule has 2 fully saturated rings. The van der Waals surface area contributed by atoms with Gasteiger partial charge in [0.15, 0.2) is 0 Å². The standard InChI is InChI=1S/C17H21Cl2NO/c1-16(2)10-7-8-17(3,9-10)15(16)20-14(21)13-11(18)5-4-6-12(13)19/h4-6,10,15H,7-9H2,1-3H3,(H,20,21)/t10-,15+,17+/m0/s1. The van der Waals surface area contributed by atoms with E-state index in [1.807, 2.05) is 0 Å². The smallest absolute Gasteiger partial charge is 0.254 e. The van der Waals surface area contributed by atoms with Crippen molar-refractivity contribution in [3.63, 3.8) is 0 Å². The Morgan fingerprint density at radius 1 is 1.24 bits per heavy atom. The zero-order valence-corrected chi connectivity index (χ0v) is 14.2. The van der Waals surface area contributed by atoms with Crippen molar-refractivity contribution in [3.05, 3.63) is 33.8 Å². The van der Waals surface area contributed by atoms with Crippen molar-refractivity contribution in [2.24, 2.45) is 16.7 Å². The third-order valence-corrected chi connectivity index (χ3v) is 6.36. The molecule has 0 saturated heterocycles. The summed E-state index contributed by atoms with van der Waals surface area (Å²) in [5.74, 6) is 0.534. The summed E-state index contributed by atoms with van der Waals surface area (Å²) in [7, 11) is 0. The third-order valence-electron chi connectivity index (χ3n) is 5.74. The van der Waals surface area contributed by atoms with Gasteiger partial charge in [-0.3, -0.25) is 4.79 Å². The maximum absolute atomic E-state index is 12.7. The number of fused-ring (bicyclic) bond motifs is 2. The maximum atomic E-state index is 12.7. The monoisotopic (exact) mass is 325 g/mol. The molecule has 0 aliphatic heterocycles. The number of halogens is 2. The van der Waals surface area contributed by atoms with Crippen LogP contribution in [0.3, 0.4) is 0 Å². The lowest BCUT2D eigenvalue weighted by Crippen LogP contribution is -2.52. The van der Waals surface area contributed by atoms with Crippen LogP contribution < -0.4 is 5.32 Å². The van der Waals surface area contributed by atoms with E-state index in [0.29, 0.717) is 21.5 Å². The van der Waals surface area contributed by atoms with Crippen LogP contribution >= 0.6 is 23.2 Å². The molecule has 0 radical (unpaired) electrons. The molecule has 0 unspecified atom stereocenters. The topological polar surface area (TPSA) is 29.1 Å². The Bertz CT molecular complexity index is 573. The fraction of sp³-hybridized carbons (Fsp3) is 0.588. The normalized spacial score (nSPS) is 33.2. The highest BCUT2D eigenvalue weighted by Crippen LogP contribution is 2.62. The molecule has 1 N–H and O–H groups in total. The van der Waals surface area contributed by atoms with Gasteiger partial charge < -0.3 is 5.32 Å². The lowest BCUT2D eigenvalue weighted by atomic mass is 9.68. The van der Waals surface area contributed by atoms with Gasteiger partial charge in [0.05, 0.1) is 15.6 Å². The number of hydrogen-bond acceptors (Lipinski definition) is 1. The molecule has 3 atom stereocenters. The van der Waals surface area contributed by atoms with Crippen molar-refractivity contribution in [2.45, 2.75) is 46.1 Å². The molecule has 2 aliphatic carbocycles.